The molecule has 0 radical (unpaired) electrons. The summed E-state index contributed by atoms with van der Waals surface area (Å²) in [7, 11) is 3.80. The number of rotatable bonds is 6. The molecule has 1 aliphatic heterocycles. The number of guanidine groups is 1. The first-order valence-electron chi connectivity index (χ1n) is 9.38. The zero-order chi connectivity index (χ0) is 19.1. The molecule has 1 N–H and O–H groups in total. The molecule has 1 aromatic carbocycles. The highest BCUT2D eigenvalue weighted by Gasteiger charge is 2.19. The average Bonchev–Trinajstić information content (AvgIpc) is 3.02. The third-order valence-corrected chi connectivity index (χ3v) is 4.89. The Kier molecular flexibility index (Phi) is 6.64. The normalized spacial score (nSPS) is 15.8. The van der Waals surface area contributed by atoms with Crippen molar-refractivity contribution in [2.24, 2.45) is 12.0 Å². The summed E-state index contributed by atoms with van der Waals surface area (Å²) >= 11 is 0. The first-order chi connectivity index (χ1) is 13.2. The summed E-state index contributed by atoms with van der Waals surface area (Å²) in [5.74, 6) is 3.66. The monoisotopic (exact) mass is 371 g/mol. The van der Waals surface area contributed by atoms with Crippen LogP contribution in [0.25, 0.3) is 0 Å². The van der Waals surface area contributed by atoms with E-state index in [2.05, 4.69) is 30.3 Å². The van der Waals surface area contributed by atoms with Crippen molar-refractivity contribution in [1.29, 1.82) is 0 Å². The van der Waals surface area contributed by atoms with Crippen LogP contribution in [0.1, 0.15) is 11.6 Å². The van der Waals surface area contributed by atoms with Crippen LogP contribution >= 0.6 is 0 Å². The molecule has 0 aliphatic carbocycles. The average molecular weight is 371 g/mol. The first-order valence-corrected chi connectivity index (χ1v) is 9.38. The van der Waals surface area contributed by atoms with Crippen molar-refractivity contribution in [2.45, 2.75) is 13.5 Å². The maximum absolute atomic E-state index is 5.80. The highest BCUT2D eigenvalue weighted by atomic mass is 16.5. The lowest BCUT2D eigenvalue weighted by Crippen LogP contribution is -2.53. The molecule has 1 saturated heterocycles. The van der Waals surface area contributed by atoms with Gasteiger partial charge in [-0.25, -0.2) is 0 Å². The number of aliphatic imine (C=N–C) groups is 1. The van der Waals surface area contributed by atoms with Gasteiger partial charge in [0, 0.05) is 46.8 Å². The van der Waals surface area contributed by atoms with Crippen LogP contribution in [0.5, 0.6) is 5.75 Å². The molecule has 27 heavy (non-hydrogen) atoms. The number of benzene rings is 1. The van der Waals surface area contributed by atoms with Crippen molar-refractivity contribution in [3.8, 4) is 5.75 Å². The summed E-state index contributed by atoms with van der Waals surface area (Å²) in [5.41, 5.74) is 0. The molecule has 8 nitrogen and oxygen atoms in total. The summed E-state index contributed by atoms with van der Waals surface area (Å²) in [4.78, 5) is 9.14. The molecule has 0 saturated carbocycles. The molecule has 2 aromatic rings. The van der Waals surface area contributed by atoms with E-state index in [-0.39, 0.29) is 0 Å². The van der Waals surface area contributed by atoms with Crippen LogP contribution in [0.15, 0.2) is 35.3 Å². The first kappa shape index (κ1) is 19.2. The van der Waals surface area contributed by atoms with E-state index in [1.54, 1.807) is 0 Å². The largest absolute Gasteiger partial charge is 0.492 e. The van der Waals surface area contributed by atoms with Crippen molar-refractivity contribution in [2.75, 3.05) is 46.4 Å². The highest BCUT2D eigenvalue weighted by molar-refractivity contribution is 5.79. The van der Waals surface area contributed by atoms with Crippen molar-refractivity contribution in [3.05, 3.63) is 42.0 Å². The molecule has 0 spiro atoms. The van der Waals surface area contributed by atoms with Gasteiger partial charge >= 0.3 is 0 Å². The van der Waals surface area contributed by atoms with Gasteiger partial charge < -0.3 is 19.5 Å². The molecule has 146 valence electrons. The molecular weight excluding hydrogens is 342 g/mol. The van der Waals surface area contributed by atoms with Gasteiger partial charge in [0.05, 0.1) is 6.54 Å². The number of nitrogens with zero attached hydrogens (tertiary/aromatic N) is 6. The third-order valence-electron chi connectivity index (χ3n) is 4.89. The van der Waals surface area contributed by atoms with Gasteiger partial charge in [0.1, 0.15) is 18.2 Å². The Morgan fingerprint density at radius 1 is 1.15 bits per heavy atom. The number of aryl methyl sites for hydroxylation is 1. The number of para-hydroxylation sites is 1. The Bertz CT molecular complexity index is 736. The van der Waals surface area contributed by atoms with Crippen molar-refractivity contribution >= 4 is 5.96 Å². The van der Waals surface area contributed by atoms with Crippen molar-refractivity contribution in [3.63, 3.8) is 0 Å². The summed E-state index contributed by atoms with van der Waals surface area (Å²) in [5, 5.41) is 11.7. The second-order valence-electron chi connectivity index (χ2n) is 6.61. The summed E-state index contributed by atoms with van der Waals surface area (Å²) in [6.45, 7) is 8.12. The van der Waals surface area contributed by atoms with E-state index < -0.39 is 0 Å². The minimum absolute atomic E-state index is 0.620. The van der Waals surface area contributed by atoms with Crippen LogP contribution in [-0.4, -0.2) is 76.9 Å². The molecule has 0 unspecified atom stereocenters. The van der Waals surface area contributed by atoms with Gasteiger partial charge in [0.25, 0.3) is 0 Å². The van der Waals surface area contributed by atoms with E-state index in [9.17, 15) is 0 Å². The Balaban J connectivity index is 1.40. The number of aromatic nitrogens is 3. The van der Waals surface area contributed by atoms with Gasteiger partial charge in [-0.3, -0.25) is 9.89 Å². The molecule has 3 rings (SSSR count). The van der Waals surface area contributed by atoms with E-state index in [1.807, 2.05) is 55.9 Å². The van der Waals surface area contributed by atoms with E-state index in [1.165, 1.54) is 0 Å². The number of hydrogen-bond donors (Lipinski definition) is 1. The smallest absolute Gasteiger partial charge is 0.194 e. The van der Waals surface area contributed by atoms with E-state index in [4.69, 9.17) is 4.74 Å². The van der Waals surface area contributed by atoms with E-state index in [0.717, 1.165) is 56.1 Å². The van der Waals surface area contributed by atoms with Gasteiger partial charge in [-0.15, -0.1) is 10.2 Å². The molecule has 1 aromatic heterocycles. The summed E-state index contributed by atoms with van der Waals surface area (Å²) < 4.78 is 7.79. The van der Waals surface area contributed by atoms with Gasteiger partial charge in [-0.05, 0) is 19.1 Å². The second-order valence-corrected chi connectivity index (χ2v) is 6.61. The number of nitrogens with one attached hydrogen (secondary N) is 1. The Morgan fingerprint density at radius 3 is 2.52 bits per heavy atom. The molecule has 0 atom stereocenters. The Labute approximate surface area is 160 Å². The van der Waals surface area contributed by atoms with Crippen LogP contribution in [0.4, 0.5) is 0 Å². The fourth-order valence-corrected chi connectivity index (χ4v) is 3.09. The van der Waals surface area contributed by atoms with Crippen LogP contribution in [-0.2, 0) is 13.6 Å². The molecule has 0 bridgehead atoms. The number of ether oxygens (including phenoxy) is 1. The lowest BCUT2D eigenvalue weighted by atomic mass is 10.3. The van der Waals surface area contributed by atoms with Crippen LogP contribution in [0.2, 0.25) is 0 Å². The molecule has 1 aliphatic rings. The minimum atomic E-state index is 0.620. The van der Waals surface area contributed by atoms with Crippen LogP contribution in [0.3, 0.4) is 0 Å². The molecule has 1 fully saturated rings. The van der Waals surface area contributed by atoms with Gasteiger partial charge in [-0.1, -0.05) is 18.2 Å². The maximum atomic E-state index is 5.80. The zero-order valence-electron chi connectivity index (χ0n) is 16.4. The third kappa shape index (κ3) is 5.19. The minimum Gasteiger partial charge on any atom is -0.492 e. The quantitative estimate of drug-likeness (QED) is 0.601. The lowest BCUT2D eigenvalue weighted by Gasteiger charge is -2.36. The lowest BCUT2D eigenvalue weighted by molar-refractivity contribution is 0.152. The zero-order valence-corrected chi connectivity index (χ0v) is 16.4. The molecule has 2 heterocycles. The van der Waals surface area contributed by atoms with E-state index in [0.29, 0.717) is 13.2 Å². The predicted octanol–water partition coefficient (Wildman–Crippen LogP) is 0.896. The van der Waals surface area contributed by atoms with Gasteiger partial charge in [0.15, 0.2) is 11.8 Å². The number of piperazine rings is 1. The maximum Gasteiger partial charge on any atom is 0.194 e. The standard InChI is InChI=1S/C19H29N7O/c1-16-22-23-18(24(16)3)15-21-19(20-2)26-11-9-25(10-12-26)13-14-27-17-7-5-4-6-8-17/h4-8H,9-15H2,1-3H3,(H,20,21). The van der Waals surface area contributed by atoms with E-state index >= 15 is 0 Å². The molecule has 8 heteroatoms. The summed E-state index contributed by atoms with van der Waals surface area (Å²) in [6.07, 6.45) is 0. The molecular formula is C19H29N7O. The fraction of sp³-hybridized carbons (Fsp3) is 0.526. The summed E-state index contributed by atoms with van der Waals surface area (Å²) in [6, 6.07) is 9.97. The second kappa shape index (κ2) is 9.36. The topological polar surface area (TPSA) is 70.8 Å². The Morgan fingerprint density at radius 2 is 1.89 bits per heavy atom. The fourth-order valence-electron chi connectivity index (χ4n) is 3.09. The van der Waals surface area contributed by atoms with Gasteiger partial charge in [-0.2, -0.15) is 0 Å². The molecule has 0 amide bonds. The van der Waals surface area contributed by atoms with Crippen molar-refractivity contribution in [1.82, 2.24) is 29.9 Å². The predicted molar refractivity (Wildman–Crippen MR) is 106 cm³/mol. The number of hydrogen-bond acceptors (Lipinski definition) is 5. The SMILES string of the molecule is CN=C(NCc1nnc(C)n1C)N1CCN(CCOc2ccccc2)CC1. The highest BCUT2D eigenvalue weighted by Crippen LogP contribution is 2.09. The van der Waals surface area contributed by atoms with Crippen molar-refractivity contribution < 1.29 is 4.74 Å². The Hall–Kier alpha value is -2.61. The van der Waals surface area contributed by atoms with Gasteiger partial charge in [0.2, 0.25) is 0 Å². The van der Waals surface area contributed by atoms with Crippen LogP contribution in [0, 0.1) is 6.92 Å². The van der Waals surface area contributed by atoms with Crippen LogP contribution < -0.4 is 10.1 Å².